The Morgan fingerprint density at radius 2 is 2.24 bits per heavy atom. The van der Waals surface area contributed by atoms with Gasteiger partial charge in [0, 0.05) is 26.1 Å². The van der Waals surface area contributed by atoms with Crippen molar-refractivity contribution in [3.05, 3.63) is 0 Å². The number of rotatable bonds is 5. The molecule has 1 fully saturated rings. The zero-order valence-corrected chi connectivity index (χ0v) is 11.1. The SMILES string of the molecule is CCN(OC)C(=O)C1CC(=O)N(CC(C)C)C1. The van der Waals surface area contributed by atoms with E-state index < -0.39 is 0 Å². The smallest absolute Gasteiger partial charge is 0.251 e. The number of nitrogens with zero attached hydrogens (tertiary/aromatic N) is 2. The summed E-state index contributed by atoms with van der Waals surface area (Å²) in [6.45, 7) is 7.73. The molecule has 0 aromatic heterocycles. The molecule has 0 bridgehead atoms. The van der Waals surface area contributed by atoms with E-state index in [1.807, 2.05) is 6.92 Å². The van der Waals surface area contributed by atoms with E-state index in [9.17, 15) is 9.59 Å². The van der Waals surface area contributed by atoms with Crippen molar-refractivity contribution in [2.24, 2.45) is 11.8 Å². The molecule has 1 aliphatic heterocycles. The van der Waals surface area contributed by atoms with E-state index in [0.717, 1.165) is 6.54 Å². The minimum absolute atomic E-state index is 0.0733. The molecule has 1 unspecified atom stereocenters. The fourth-order valence-electron chi connectivity index (χ4n) is 2.13. The van der Waals surface area contributed by atoms with Gasteiger partial charge >= 0.3 is 0 Å². The Bertz CT molecular complexity index is 287. The number of likely N-dealkylation sites (tertiary alicyclic amines) is 1. The van der Waals surface area contributed by atoms with Crippen molar-refractivity contribution in [1.82, 2.24) is 9.96 Å². The van der Waals surface area contributed by atoms with Crippen molar-refractivity contribution >= 4 is 11.8 Å². The van der Waals surface area contributed by atoms with Crippen LogP contribution >= 0.6 is 0 Å². The van der Waals surface area contributed by atoms with E-state index in [0.29, 0.717) is 25.4 Å². The van der Waals surface area contributed by atoms with Crippen molar-refractivity contribution in [3.63, 3.8) is 0 Å². The lowest BCUT2D eigenvalue weighted by molar-refractivity contribution is -0.179. The first-order chi connectivity index (χ1) is 7.99. The minimum Gasteiger partial charge on any atom is -0.342 e. The lowest BCUT2D eigenvalue weighted by atomic mass is 10.1. The monoisotopic (exact) mass is 242 g/mol. The maximum absolute atomic E-state index is 12.0. The lowest BCUT2D eigenvalue weighted by Gasteiger charge is -2.22. The second-order valence-corrected chi connectivity index (χ2v) is 4.81. The van der Waals surface area contributed by atoms with Crippen molar-refractivity contribution in [1.29, 1.82) is 0 Å². The molecular formula is C12H22N2O3. The molecule has 1 atom stereocenters. The summed E-state index contributed by atoms with van der Waals surface area (Å²) in [7, 11) is 1.48. The molecule has 0 N–H and O–H groups in total. The summed E-state index contributed by atoms with van der Waals surface area (Å²) in [6, 6.07) is 0. The summed E-state index contributed by atoms with van der Waals surface area (Å²) in [5, 5.41) is 1.32. The highest BCUT2D eigenvalue weighted by Crippen LogP contribution is 2.21. The van der Waals surface area contributed by atoms with Crippen LogP contribution in [0.4, 0.5) is 0 Å². The molecule has 17 heavy (non-hydrogen) atoms. The highest BCUT2D eigenvalue weighted by atomic mass is 16.7. The van der Waals surface area contributed by atoms with Gasteiger partial charge in [0.2, 0.25) is 5.91 Å². The number of amides is 2. The van der Waals surface area contributed by atoms with Crippen molar-refractivity contribution in [2.45, 2.75) is 27.2 Å². The third-order valence-corrected chi connectivity index (χ3v) is 2.90. The summed E-state index contributed by atoms with van der Waals surface area (Å²) in [4.78, 5) is 30.5. The molecule has 1 saturated heterocycles. The summed E-state index contributed by atoms with van der Waals surface area (Å²) >= 11 is 0. The molecule has 0 spiro atoms. The van der Waals surface area contributed by atoms with E-state index in [4.69, 9.17) is 4.84 Å². The van der Waals surface area contributed by atoms with Crippen LogP contribution in [0, 0.1) is 11.8 Å². The van der Waals surface area contributed by atoms with Gasteiger partial charge in [0.1, 0.15) is 0 Å². The standard InChI is InChI=1S/C12H22N2O3/c1-5-14(17-4)12(16)10-6-11(15)13(8-10)7-9(2)3/h9-10H,5-8H2,1-4H3. The first kappa shape index (κ1) is 14.0. The van der Waals surface area contributed by atoms with Crippen LogP contribution in [-0.4, -0.2) is 48.5 Å². The molecule has 5 heteroatoms. The van der Waals surface area contributed by atoms with E-state index in [-0.39, 0.29) is 17.7 Å². The number of hydroxylamine groups is 2. The Balaban J connectivity index is 2.59. The average Bonchev–Trinajstić information content (AvgIpc) is 2.61. The second kappa shape index (κ2) is 6.00. The second-order valence-electron chi connectivity index (χ2n) is 4.81. The number of hydrogen-bond donors (Lipinski definition) is 0. The van der Waals surface area contributed by atoms with Gasteiger partial charge in [-0.3, -0.25) is 14.4 Å². The fourth-order valence-corrected chi connectivity index (χ4v) is 2.13. The normalized spacial score (nSPS) is 20.2. The Morgan fingerprint density at radius 3 is 2.71 bits per heavy atom. The third kappa shape index (κ3) is 3.43. The van der Waals surface area contributed by atoms with Crippen LogP contribution in [0.2, 0.25) is 0 Å². The summed E-state index contributed by atoms with van der Waals surface area (Å²) in [5.74, 6) is 0.164. The molecule has 1 heterocycles. The molecule has 0 aromatic rings. The molecule has 1 aliphatic rings. The van der Waals surface area contributed by atoms with Gasteiger partial charge in [-0.15, -0.1) is 0 Å². The van der Waals surface area contributed by atoms with E-state index in [1.165, 1.54) is 12.2 Å². The minimum atomic E-state index is -0.249. The van der Waals surface area contributed by atoms with Crippen LogP contribution < -0.4 is 0 Å². The molecule has 5 nitrogen and oxygen atoms in total. The van der Waals surface area contributed by atoms with Gasteiger partial charge in [0.25, 0.3) is 5.91 Å². The highest BCUT2D eigenvalue weighted by Gasteiger charge is 2.36. The van der Waals surface area contributed by atoms with Gasteiger partial charge in [0.05, 0.1) is 13.0 Å². The van der Waals surface area contributed by atoms with Crippen molar-refractivity contribution < 1.29 is 14.4 Å². The quantitative estimate of drug-likeness (QED) is 0.673. The highest BCUT2D eigenvalue weighted by molar-refractivity contribution is 5.88. The predicted octanol–water partition coefficient (Wildman–Crippen LogP) is 0.901. The van der Waals surface area contributed by atoms with Gasteiger partial charge in [-0.1, -0.05) is 13.8 Å². The summed E-state index contributed by atoms with van der Waals surface area (Å²) in [6.07, 6.45) is 0.311. The van der Waals surface area contributed by atoms with Crippen molar-refractivity contribution in [3.8, 4) is 0 Å². The molecule has 0 aromatic carbocycles. The lowest BCUT2D eigenvalue weighted by Crippen LogP contribution is -2.37. The van der Waals surface area contributed by atoms with Gasteiger partial charge in [-0.05, 0) is 12.8 Å². The maximum Gasteiger partial charge on any atom is 0.251 e. The zero-order valence-electron chi connectivity index (χ0n) is 11.1. The van der Waals surface area contributed by atoms with Crippen LogP contribution in [0.25, 0.3) is 0 Å². The van der Waals surface area contributed by atoms with Crippen LogP contribution in [0.3, 0.4) is 0 Å². The Labute approximate surface area is 103 Å². The Hall–Kier alpha value is -1.10. The molecule has 2 amide bonds. The van der Waals surface area contributed by atoms with E-state index >= 15 is 0 Å². The van der Waals surface area contributed by atoms with Crippen molar-refractivity contribution in [2.75, 3.05) is 26.7 Å². The summed E-state index contributed by atoms with van der Waals surface area (Å²) in [5.41, 5.74) is 0. The molecule has 0 radical (unpaired) electrons. The molecular weight excluding hydrogens is 220 g/mol. The average molecular weight is 242 g/mol. The third-order valence-electron chi connectivity index (χ3n) is 2.90. The topological polar surface area (TPSA) is 49.9 Å². The molecule has 1 rings (SSSR count). The number of carbonyl (C=O) groups is 2. The summed E-state index contributed by atoms with van der Waals surface area (Å²) < 4.78 is 0. The molecule has 98 valence electrons. The maximum atomic E-state index is 12.0. The van der Waals surface area contributed by atoms with E-state index in [1.54, 1.807) is 4.90 Å². The fraction of sp³-hybridized carbons (Fsp3) is 0.833. The van der Waals surface area contributed by atoms with Gasteiger partial charge in [0.15, 0.2) is 0 Å². The molecule has 0 aliphatic carbocycles. The van der Waals surface area contributed by atoms with Gasteiger partial charge in [-0.2, -0.15) is 0 Å². The predicted molar refractivity (Wildman–Crippen MR) is 63.9 cm³/mol. The Kier molecular flexibility index (Phi) is 4.93. The first-order valence-corrected chi connectivity index (χ1v) is 6.12. The van der Waals surface area contributed by atoms with E-state index in [2.05, 4.69) is 13.8 Å². The Morgan fingerprint density at radius 1 is 1.59 bits per heavy atom. The number of hydrogen-bond acceptors (Lipinski definition) is 3. The van der Waals surface area contributed by atoms with Crippen LogP contribution in [0.5, 0.6) is 0 Å². The molecule has 0 saturated carbocycles. The zero-order chi connectivity index (χ0) is 13.0. The van der Waals surface area contributed by atoms with Crippen LogP contribution in [0.1, 0.15) is 27.2 Å². The van der Waals surface area contributed by atoms with Gasteiger partial charge < -0.3 is 4.90 Å². The van der Waals surface area contributed by atoms with Crippen LogP contribution in [0.15, 0.2) is 0 Å². The van der Waals surface area contributed by atoms with Crippen LogP contribution in [-0.2, 0) is 14.4 Å². The van der Waals surface area contributed by atoms with Gasteiger partial charge in [-0.25, -0.2) is 5.06 Å². The first-order valence-electron chi connectivity index (χ1n) is 6.12. The largest absolute Gasteiger partial charge is 0.342 e. The number of carbonyl (C=O) groups excluding carboxylic acids is 2.